The molecular formula is C24H33NO2S3. The summed E-state index contributed by atoms with van der Waals surface area (Å²) in [5, 5.41) is 0. The van der Waals surface area contributed by atoms with E-state index in [1.54, 1.807) is 24.3 Å². The largest absolute Gasteiger partial charge is 0.243 e. The molecule has 0 atom stereocenters. The predicted molar refractivity (Wildman–Crippen MR) is 138 cm³/mol. The van der Waals surface area contributed by atoms with Gasteiger partial charge >= 0.3 is 0 Å². The average molecular weight is 464 g/mol. The molecule has 0 radical (unpaired) electrons. The lowest BCUT2D eigenvalue weighted by atomic mass is 10.0. The van der Waals surface area contributed by atoms with Crippen LogP contribution in [0.25, 0.3) is 11.1 Å². The van der Waals surface area contributed by atoms with Crippen LogP contribution in [0.2, 0.25) is 0 Å². The first kappa shape index (κ1) is 28.3. The molecule has 3 nitrogen and oxygen atoms in total. The van der Waals surface area contributed by atoms with E-state index in [0.29, 0.717) is 4.90 Å². The molecule has 30 heavy (non-hydrogen) atoms. The van der Waals surface area contributed by atoms with Gasteiger partial charge in [0.25, 0.3) is 0 Å². The third kappa shape index (κ3) is 7.84. The Hall–Kier alpha value is -1.73. The van der Waals surface area contributed by atoms with E-state index < -0.39 is 10.0 Å². The minimum atomic E-state index is -3.50. The zero-order chi connectivity index (χ0) is 22.0. The van der Waals surface area contributed by atoms with Crippen LogP contribution < -0.4 is 0 Å². The Kier molecular flexibility index (Phi) is 12.8. The van der Waals surface area contributed by atoms with Gasteiger partial charge in [0.15, 0.2) is 0 Å². The number of hydrogen-bond acceptors (Lipinski definition) is 4. The van der Waals surface area contributed by atoms with Gasteiger partial charge in [-0.15, -0.1) is 25.3 Å². The van der Waals surface area contributed by atoms with Crippen molar-refractivity contribution < 1.29 is 8.42 Å². The zero-order valence-electron chi connectivity index (χ0n) is 17.3. The smallest absolute Gasteiger partial charge is 0.207 e. The zero-order valence-corrected chi connectivity index (χ0v) is 19.9. The van der Waals surface area contributed by atoms with Gasteiger partial charge in [-0.1, -0.05) is 76.4 Å². The quantitative estimate of drug-likeness (QED) is 0.356. The van der Waals surface area contributed by atoms with Crippen molar-refractivity contribution in [2.24, 2.45) is 0 Å². The fourth-order valence-electron chi connectivity index (χ4n) is 2.40. The third-order valence-electron chi connectivity index (χ3n) is 3.95. The number of thiol groups is 2. The van der Waals surface area contributed by atoms with Crippen LogP contribution in [-0.4, -0.2) is 26.8 Å². The summed E-state index contributed by atoms with van der Waals surface area (Å²) in [7, 11) is -0.490. The number of allylic oxidation sites excluding steroid dienone is 4. The standard InChI is InChI=1S/C21H23NO2S3.C2H6.CH4/c1-4-5-6-19(25)13-9-16-7-10-17(11-8-16)18-12-14-21(20(26)15-18)27(23,24)22(2)3;1-2;/h4-8,10-15,25-26H,1,9H2,2-3H3;1-2H3;1H4/b6-5-,19-13+;;. The molecule has 0 N–H and O–H groups in total. The number of benzene rings is 2. The second kappa shape index (κ2) is 13.5. The van der Waals surface area contributed by atoms with Crippen LogP contribution in [0.15, 0.2) is 88.0 Å². The van der Waals surface area contributed by atoms with Gasteiger partial charge in [-0.3, -0.25) is 0 Å². The van der Waals surface area contributed by atoms with Crippen LogP contribution in [0.4, 0.5) is 0 Å². The first-order chi connectivity index (χ1) is 13.8. The minimum Gasteiger partial charge on any atom is -0.207 e. The third-order valence-corrected chi connectivity index (χ3v) is 6.68. The van der Waals surface area contributed by atoms with E-state index in [-0.39, 0.29) is 12.3 Å². The van der Waals surface area contributed by atoms with Gasteiger partial charge in [0.05, 0.1) is 4.90 Å². The van der Waals surface area contributed by atoms with Crippen LogP contribution in [0.1, 0.15) is 26.8 Å². The Morgan fingerprint density at radius 2 is 1.63 bits per heavy atom. The Labute approximate surface area is 194 Å². The first-order valence-corrected chi connectivity index (χ1v) is 11.6. The summed E-state index contributed by atoms with van der Waals surface area (Å²) in [4.78, 5) is 1.52. The molecule has 0 saturated carbocycles. The summed E-state index contributed by atoms with van der Waals surface area (Å²) < 4.78 is 25.8. The van der Waals surface area contributed by atoms with Crippen molar-refractivity contribution in [2.45, 2.75) is 37.5 Å². The molecular weight excluding hydrogens is 430 g/mol. The highest BCUT2D eigenvalue weighted by Gasteiger charge is 2.20. The van der Waals surface area contributed by atoms with Crippen molar-refractivity contribution in [3.05, 3.63) is 83.8 Å². The van der Waals surface area contributed by atoms with Crippen molar-refractivity contribution in [3.63, 3.8) is 0 Å². The first-order valence-electron chi connectivity index (χ1n) is 9.29. The van der Waals surface area contributed by atoms with Gasteiger partial charge in [0.1, 0.15) is 0 Å². The van der Waals surface area contributed by atoms with E-state index in [9.17, 15) is 8.42 Å². The molecule has 0 aliphatic heterocycles. The summed E-state index contributed by atoms with van der Waals surface area (Å²) in [5.41, 5.74) is 3.09. The molecule has 6 heteroatoms. The Balaban J connectivity index is 0.00000272. The lowest BCUT2D eigenvalue weighted by Gasteiger charge is -2.14. The Morgan fingerprint density at radius 1 is 1.07 bits per heavy atom. The number of sulfonamides is 1. The molecule has 2 aromatic rings. The number of hydrogen-bond donors (Lipinski definition) is 2. The number of nitrogens with zero attached hydrogens (tertiary/aromatic N) is 1. The lowest BCUT2D eigenvalue weighted by Crippen LogP contribution is -2.22. The molecule has 0 aromatic heterocycles. The maximum Gasteiger partial charge on any atom is 0.243 e. The van der Waals surface area contributed by atoms with E-state index in [1.807, 2.05) is 56.3 Å². The summed E-state index contributed by atoms with van der Waals surface area (Å²) in [6.07, 6.45) is 8.26. The van der Waals surface area contributed by atoms with Crippen molar-refractivity contribution in [3.8, 4) is 11.1 Å². The molecule has 164 valence electrons. The highest BCUT2D eigenvalue weighted by Crippen LogP contribution is 2.28. The van der Waals surface area contributed by atoms with Crippen molar-refractivity contribution in [1.29, 1.82) is 0 Å². The molecule has 2 aromatic carbocycles. The summed E-state index contributed by atoms with van der Waals surface area (Å²) in [6.45, 7) is 7.63. The molecule has 0 unspecified atom stereocenters. The summed E-state index contributed by atoms with van der Waals surface area (Å²) in [5.74, 6) is 0. The Bertz CT molecular complexity index is 974. The normalized spacial score (nSPS) is 11.6. The van der Waals surface area contributed by atoms with Gasteiger partial charge in [-0.05, 0) is 41.3 Å². The summed E-state index contributed by atoms with van der Waals surface area (Å²) >= 11 is 8.77. The topological polar surface area (TPSA) is 37.4 Å². The van der Waals surface area contributed by atoms with E-state index in [2.05, 4.69) is 31.8 Å². The molecule has 0 fully saturated rings. The summed E-state index contributed by atoms with van der Waals surface area (Å²) in [6, 6.07) is 13.3. The highest BCUT2D eigenvalue weighted by molar-refractivity contribution is 7.90. The highest BCUT2D eigenvalue weighted by atomic mass is 32.2. The average Bonchev–Trinajstić information content (AvgIpc) is 2.72. The van der Waals surface area contributed by atoms with Gasteiger partial charge in [-0.25, -0.2) is 12.7 Å². The molecule has 2 rings (SSSR count). The van der Waals surface area contributed by atoms with Crippen molar-refractivity contribution >= 4 is 35.3 Å². The van der Waals surface area contributed by atoms with Gasteiger partial charge in [0.2, 0.25) is 10.0 Å². The van der Waals surface area contributed by atoms with Gasteiger partial charge < -0.3 is 0 Å². The van der Waals surface area contributed by atoms with Crippen molar-refractivity contribution in [1.82, 2.24) is 4.31 Å². The Morgan fingerprint density at radius 3 is 2.13 bits per heavy atom. The molecule has 0 saturated heterocycles. The van der Waals surface area contributed by atoms with Crippen molar-refractivity contribution in [2.75, 3.05) is 14.1 Å². The van der Waals surface area contributed by atoms with Crippen LogP contribution in [0.3, 0.4) is 0 Å². The molecule has 0 bridgehead atoms. The molecule has 0 aliphatic carbocycles. The van der Waals surface area contributed by atoms with E-state index in [1.165, 1.54) is 18.4 Å². The fourth-order valence-corrected chi connectivity index (χ4v) is 4.10. The maximum atomic E-state index is 12.3. The van der Waals surface area contributed by atoms with Crippen LogP contribution >= 0.6 is 25.3 Å². The molecule has 0 heterocycles. The second-order valence-corrected chi connectivity index (χ2v) is 9.21. The van der Waals surface area contributed by atoms with Gasteiger partial charge in [-0.2, -0.15) is 0 Å². The minimum absolute atomic E-state index is 0. The van der Waals surface area contributed by atoms with E-state index >= 15 is 0 Å². The van der Waals surface area contributed by atoms with Crippen LogP contribution in [-0.2, 0) is 16.4 Å². The fraction of sp³-hybridized carbons (Fsp3) is 0.250. The lowest BCUT2D eigenvalue weighted by molar-refractivity contribution is 0.518. The van der Waals surface area contributed by atoms with E-state index in [0.717, 1.165) is 28.0 Å². The van der Waals surface area contributed by atoms with Gasteiger partial charge in [0, 0.05) is 23.9 Å². The SMILES string of the molecule is C.C=C/C=C\C(S)=C/Cc1ccc(-c2ccc(S(=O)(=O)N(C)C)c(S)c2)cc1.CC. The predicted octanol–water partition coefficient (Wildman–Crippen LogP) is 6.65. The van der Waals surface area contributed by atoms with Crippen LogP contribution in [0, 0.1) is 0 Å². The van der Waals surface area contributed by atoms with Crippen LogP contribution in [0.5, 0.6) is 0 Å². The molecule has 0 aliphatic rings. The molecule has 0 spiro atoms. The maximum absolute atomic E-state index is 12.3. The second-order valence-electron chi connectivity index (χ2n) is 6.09. The monoisotopic (exact) mass is 463 g/mol. The number of rotatable bonds is 7. The molecule has 0 amide bonds. The van der Waals surface area contributed by atoms with E-state index in [4.69, 9.17) is 0 Å².